The van der Waals surface area contributed by atoms with E-state index in [9.17, 15) is 19.2 Å². The molecule has 0 unspecified atom stereocenters. The maximum Gasteiger partial charge on any atom is 0.338 e. The molecule has 0 spiro atoms. The van der Waals surface area contributed by atoms with Gasteiger partial charge in [0.1, 0.15) is 11.3 Å². The largest absolute Gasteiger partial charge is 0.456 e. The second-order valence-electron chi connectivity index (χ2n) is 8.06. The summed E-state index contributed by atoms with van der Waals surface area (Å²) in [7, 11) is 1.40. The molecule has 0 aliphatic heterocycles. The van der Waals surface area contributed by atoms with Gasteiger partial charge in [0.15, 0.2) is 0 Å². The quantitative estimate of drug-likeness (QED) is 0.576. The smallest absolute Gasteiger partial charge is 0.338 e. The van der Waals surface area contributed by atoms with Gasteiger partial charge in [0, 0.05) is 19.0 Å². The van der Waals surface area contributed by atoms with E-state index in [0.717, 1.165) is 16.2 Å². The number of hydrazine groups is 1. The van der Waals surface area contributed by atoms with Crippen molar-refractivity contribution in [3.63, 3.8) is 0 Å². The lowest BCUT2D eigenvalue weighted by Crippen LogP contribution is -2.45. The number of benzene rings is 1. The van der Waals surface area contributed by atoms with Crippen LogP contribution in [0.1, 0.15) is 54.1 Å². The zero-order valence-corrected chi connectivity index (χ0v) is 17.8. The lowest BCUT2D eigenvalue weighted by molar-refractivity contribution is -0.125. The highest BCUT2D eigenvalue weighted by Crippen LogP contribution is 2.12. The number of carbonyl (C=O) groups excluding carboxylic acids is 3. The molecule has 1 heterocycles. The molecule has 0 saturated carbocycles. The molecule has 8 nitrogen and oxygen atoms in total. The predicted octanol–water partition coefficient (Wildman–Crippen LogP) is 1.98. The van der Waals surface area contributed by atoms with Gasteiger partial charge in [-0.25, -0.2) is 4.79 Å². The van der Waals surface area contributed by atoms with Crippen molar-refractivity contribution in [2.45, 2.75) is 39.7 Å². The van der Waals surface area contributed by atoms with Crippen LogP contribution in [0.15, 0.2) is 47.3 Å². The van der Waals surface area contributed by atoms with Crippen molar-refractivity contribution in [1.29, 1.82) is 0 Å². The van der Waals surface area contributed by atoms with Gasteiger partial charge in [0.2, 0.25) is 5.91 Å². The number of pyridine rings is 1. The van der Waals surface area contributed by atoms with Crippen molar-refractivity contribution < 1.29 is 19.1 Å². The van der Waals surface area contributed by atoms with E-state index in [1.807, 2.05) is 30.3 Å². The summed E-state index contributed by atoms with van der Waals surface area (Å²) in [6.45, 7) is 6.84. The van der Waals surface area contributed by atoms with Crippen LogP contribution in [0, 0.1) is 5.92 Å². The van der Waals surface area contributed by atoms with Gasteiger partial charge in [-0.05, 0) is 38.8 Å². The molecule has 30 heavy (non-hydrogen) atoms. The average molecular weight is 413 g/mol. The summed E-state index contributed by atoms with van der Waals surface area (Å²) in [5.41, 5.74) is 4.24. The Balaban J connectivity index is 2.08. The molecule has 1 aromatic carbocycles. The van der Waals surface area contributed by atoms with E-state index in [1.54, 1.807) is 27.7 Å². The molecular formula is C22H27N3O5. The highest BCUT2D eigenvalue weighted by Gasteiger charge is 2.22. The van der Waals surface area contributed by atoms with E-state index >= 15 is 0 Å². The molecule has 2 aromatic rings. The molecule has 160 valence electrons. The fraction of sp³-hybridized carbons (Fsp3) is 0.364. The van der Waals surface area contributed by atoms with Crippen LogP contribution in [0.25, 0.3) is 0 Å². The zero-order chi connectivity index (χ0) is 22.5. The maximum absolute atomic E-state index is 12.5. The Morgan fingerprint density at radius 1 is 1.07 bits per heavy atom. The van der Waals surface area contributed by atoms with Gasteiger partial charge in [-0.3, -0.25) is 25.2 Å². The Labute approximate surface area is 175 Å². The van der Waals surface area contributed by atoms with Crippen LogP contribution < -0.4 is 16.4 Å². The molecule has 8 heteroatoms. The topological polar surface area (TPSA) is 107 Å². The number of ether oxygens (including phenoxy) is 1. The lowest BCUT2D eigenvalue weighted by atomic mass is 10.0. The normalized spacial score (nSPS) is 12.0. The number of hydrogen-bond acceptors (Lipinski definition) is 5. The molecule has 1 aromatic heterocycles. The molecule has 2 amide bonds. The van der Waals surface area contributed by atoms with Crippen LogP contribution in [-0.2, 0) is 23.0 Å². The third-order valence-electron chi connectivity index (χ3n) is 4.26. The second-order valence-corrected chi connectivity index (χ2v) is 8.06. The van der Waals surface area contributed by atoms with E-state index in [0.29, 0.717) is 6.42 Å². The number of carbonyl (C=O) groups is 3. The number of nitrogens with one attached hydrogen (secondary N) is 2. The Hall–Kier alpha value is -3.42. The molecule has 0 aliphatic rings. The molecule has 2 N–H and O–H groups in total. The molecule has 1 atom stereocenters. The number of esters is 1. The molecule has 2 rings (SSSR count). The predicted molar refractivity (Wildman–Crippen MR) is 112 cm³/mol. The fourth-order valence-electron chi connectivity index (χ4n) is 2.67. The number of aromatic nitrogens is 1. The van der Waals surface area contributed by atoms with Gasteiger partial charge in [-0.2, -0.15) is 0 Å². The van der Waals surface area contributed by atoms with Gasteiger partial charge in [0.05, 0.1) is 5.56 Å². The van der Waals surface area contributed by atoms with Crippen molar-refractivity contribution in [2.24, 2.45) is 13.0 Å². The molecule has 0 fully saturated rings. The first-order chi connectivity index (χ1) is 14.0. The summed E-state index contributed by atoms with van der Waals surface area (Å²) in [6, 6.07) is 11.9. The highest BCUT2D eigenvalue weighted by atomic mass is 16.6. The molecule has 0 bridgehead atoms. The molecular weight excluding hydrogens is 386 g/mol. The summed E-state index contributed by atoms with van der Waals surface area (Å²) in [5.74, 6) is -2.19. The zero-order valence-electron chi connectivity index (χ0n) is 17.8. The SMILES string of the molecule is C[C@@H](Cc1ccccc1)C(=O)NNC(=O)c1cc(C(=O)OC(C)(C)C)cc(=O)n1C. The van der Waals surface area contributed by atoms with Crippen molar-refractivity contribution >= 4 is 17.8 Å². The van der Waals surface area contributed by atoms with Crippen molar-refractivity contribution in [3.05, 3.63) is 69.6 Å². The van der Waals surface area contributed by atoms with E-state index in [-0.39, 0.29) is 23.1 Å². The summed E-state index contributed by atoms with van der Waals surface area (Å²) < 4.78 is 6.34. The van der Waals surface area contributed by atoms with E-state index in [1.165, 1.54) is 13.1 Å². The summed E-state index contributed by atoms with van der Waals surface area (Å²) in [4.78, 5) is 49.3. The van der Waals surface area contributed by atoms with Crippen LogP contribution in [0.2, 0.25) is 0 Å². The first-order valence-corrected chi connectivity index (χ1v) is 9.56. The van der Waals surface area contributed by atoms with E-state index in [4.69, 9.17) is 4.74 Å². The highest BCUT2D eigenvalue weighted by molar-refractivity contribution is 5.97. The molecule has 0 radical (unpaired) electrons. The number of nitrogens with zero attached hydrogens (tertiary/aromatic N) is 1. The van der Waals surface area contributed by atoms with Crippen molar-refractivity contribution in [2.75, 3.05) is 0 Å². The van der Waals surface area contributed by atoms with Gasteiger partial charge in [-0.15, -0.1) is 0 Å². The van der Waals surface area contributed by atoms with Gasteiger partial charge in [0.25, 0.3) is 11.5 Å². The van der Waals surface area contributed by atoms with Gasteiger partial charge in [-0.1, -0.05) is 37.3 Å². The minimum Gasteiger partial charge on any atom is -0.456 e. The Kier molecular flexibility index (Phi) is 7.15. The third kappa shape index (κ3) is 6.30. The molecule has 0 saturated heterocycles. The standard InChI is InChI=1S/C22H27N3O5/c1-14(11-15-9-7-6-8-10-15)19(27)23-24-20(28)17-12-16(13-18(26)25(17)5)21(29)30-22(2,3)4/h6-10,12-14H,11H2,1-5H3,(H,23,27)(H,24,28)/t14-/m0/s1. The van der Waals surface area contributed by atoms with E-state index in [2.05, 4.69) is 10.9 Å². The van der Waals surface area contributed by atoms with Crippen molar-refractivity contribution in [1.82, 2.24) is 15.4 Å². The minimum absolute atomic E-state index is 0.0399. The Bertz CT molecular complexity index is 990. The van der Waals surface area contributed by atoms with Crippen LogP contribution in [0.4, 0.5) is 0 Å². The average Bonchev–Trinajstić information content (AvgIpc) is 2.67. The third-order valence-corrected chi connectivity index (χ3v) is 4.26. The van der Waals surface area contributed by atoms with Gasteiger partial charge < -0.3 is 9.30 Å². The minimum atomic E-state index is -0.747. The summed E-state index contributed by atoms with van der Waals surface area (Å²) >= 11 is 0. The number of rotatable bonds is 5. The number of hydrogen-bond donors (Lipinski definition) is 2. The summed E-state index contributed by atoms with van der Waals surface area (Å²) in [5, 5.41) is 0. The van der Waals surface area contributed by atoms with E-state index < -0.39 is 23.0 Å². The Morgan fingerprint density at radius 3 is 2.30 bits per heavy atom. The van der Waals surface area contributed by atoms with Crippen molar-refractivity contribution in [3.8, 4) is 0 Å². The Morgan fingerprint density at radius 2 is 1.70 bits per heavy atom. The summed E-state index contributed by atoms with van der Waals surface area (Å²) in [6.07, 6.45) is 0.509. The van der Waals surface area contributed by atoms with Crippen LogP contribution >= 0.6 is 0 Å². The lowest BCUT2D eigenvalue weighted by Gasteiger charge is -2.20. The first kappa shape index (κ1) is 22.9. The van der Waals surface area contributed by atoms with Crippen LogP contribution in [-0.4, -0.2) is 28.0 Å². The molecule has 0 aliphatic carbocycles. The monoisotopic (exact) mass is 413 g/mol. The van der Waals surface area contributed by atoms with Crippen LogP contribution in [0.5, 0.6) is 0 Å². The maximum atomic E-state index is 12.5. The van der Waals surface area contributed by atoms with Crippen LogP contribution in [0.3, 0.4) is 0 Å². The second kappa shape index (κ2) is 9.39. The first-order valence-electron chi connectivity index (χ1n) is 9.56. The fourth-order valence-corrected chi connectivity index (χ4v) is 2.67. The van der Waals surface area contributed by atoms with Gasteiger partial charge >= 0.3 is 5.97 Å². The number of amides is 2.